The summed E-state index contributed by atoms with van der Waals surface area (Å²) in [6.45, 7) is 0.855. The molecule has 2 nitrogen and oxygen atoms in total. The molecule has 0 spiro atoms. The topological polar surface area (TPSA) is 38.0 Å². The Morgan fingerprint density at radius 2 is 1.88 bits per heavy atom. The summed E-state index contributed by atoms with van der Waals surface area (Å²) in [5.41, 5.74) is 6.46. The van der Waals surface area contributed by atoms with Gasteiger partial charge in [0.15, 0.2) is 0 Å². The minimum Gasteiger partial charge on any atom is -0.382 e. The average Bonchev–Trinajstić information content (AvgIpc) is 2.30. The van der Waals surface area contributed by atoms with Crippen molar-refractivity contribution >= 4 is 5.69 Å². The van der Waals surface area contributed by atoms with Crippen LogP contribution in [0.1, 0.15) is 25.7 Å². The van der Waals surface area contributed by atoms with E-state index in [0.29, 0.717) is 17.6 Å². The van der Waals surface area contributed by atoms with Crippen molar-refractivity contribution in [2.45, 2.75) is 31.7 Å². The third-order valence-corrected chi connectivity index (χ3v) is 3.35. The van der Waals surface area contributed by atoms with Gasteiger partial charge in [0.2, 0.25) is 0 Å². The van der Waals surface area contributed by atoms with E-state index in [1.807, 2.05) is 6.07 Å². The molecule has 0 amide bonds. The van der Waals surface area contributed by atoms with Gasteiger partial charge < -0.3 is 11.1 Å². The van der Waals surface area contributed by atoms with Crippen LogP contribution in [0.25, 0.3) is 0 Å². The molecule has 0 atom stereocenters. The number of anilines is 1. The molecule has 1 saturated carbocycles. The Morgan fingerprint density at radius 3 is 2.56 bits per heavy atom. The van der Waals surface area contributed by atoms with Gasteiger partial charge in [0.1, 0.15) is 5.82 Å². The summed E-state index contributed by atoms with van der Waals surface area (Å²) in [5, 5.41) is 3.18. The Balaban J connectivity index is 1.81. The van der Waals surface area contributed by atoms with Gasteiger partial charge in [-0.1, -0.05) is 12.1 Å². The zero-order chi connectivity index (χ0) is 11.4. The third-order valence-electron chi connectivity index (χ3n) is 3.35. The van der Waals surface area contributed by atoms with Crippen molar-refractivity contribution in [3.8, 4) is 0 Å². The summed E-state index contributed by atoms with van der Waals surface area (Å²) in [7, 11) is 0. The van der Waals surface area contributed by atoms with E-state index in [0.717, 1.165) is 32.2 Å². The van der Waals surface area contributed by atoms with E-state index >= 15 is 0 Å². The van der Waals surface area contributed by atoms with Crippen molar-refractivity contribution in [1.29, 1.82) is 0 Å². The molecule has 0 radical (unpaired) electrons. The number of nitrogens with one attached hydrogen (secondary N) is 1. The first-order chi connectivity index (χ1) is 7.75. The highest BCUT2D eigenvalue weighted by Crippen LogP contribution is 2.24. The Kier molecular flexibility index (Phi) is 3.78. The van der Waals surface area contributed by atoms with Gasteiger partial charge in [-0.25, -0.2) is 4.39 Å². The Morgan fingerprint density at radius 1 is 1.19 bits per heavy atom. The van der Waals surface area contributed by atoms with Crippen molar-refractivity contribution in [3.05, 3.63) is 30.1 Å². The molecule has 3 heteroatoms. The first kappa shape index (κ1) is 11.4. The second kappa shape index (κ2) is 5.30. The fourth-order valence-corrected chi connectivity index (χ4v) is 2.25. The first-order valence-corrected chi connectivity index (χ1v) is 5.99. The third kappa shape index (κ3) is 2.95. The molecule has 1 fully saturated rings. The molecule has 88 valence electrons. The monoisotopic (exact) mass is 222 g/mol. The van der Waals surface area contributed by atoms with E-state index in [1.165, 1.54) is 6.07 Å². The largest absolute Gasteiger partial charge is 0.382 e. The Hall–Kier alpha value is -1.09. The zero-order valence-electron chi connectivity index (χ0n) is 9.45. The van der Waals surface area contributed by atoms with E-state index < -0.39 is 0 Å². The predicted molar refractivity (Wildman–Crippen MR) is 64.8 cm³/mol. The Bertz CT molecular complexity index is 332. The maximum absolute atomic E-state index is 13.3. The first-order valence-electron chi connectivity index (χ1n) is 5.99. The highest BCUT2D eigenvalue weighted by atomic mass is 19.1. The van der Waals surface area contributed by atoms with E-state index in [4.69, 9.17) is 5.73 Å². The lowest BCUT2D eigenvalue weighted by Crippen LogP contribution is -2.29. The summed E-state index contributed by atoms with van der Waals surface area (Å²) in [6.07, 6.45) is 4.51. The van der Waals surface area contributed by atoms with Crippen LogP contribution >= 0.6 is 0 Å². The summed E-state index contributed by atoms with van der Waals surface area (Å²) < 4.78 is 13.3. The molecular weight excluding hydrogens is 203 g/mol. The van der Waals surface area contributed by atoms with Crippen LogP contribution < -0.4 is 11.1 Å². The van der Waals surface area contributed by atoms with Gasteiger partial charge >= 0.3 is 0 Å². The second-order valence-electron chi connectivity index (χ2n) is 4.64. The molecule has 0 heterocycles. The average molecular weight is 222 g/mol. The molecule has 1 aromatic rings. The molecule has 1 aliphatic rings. The normalized spacial score (nSPS) is 25.4. The molecule has 0 unspecified atom stereocenters. The van der Waals surface area contributed by atoms with Gasteiger partial charge in [0.25, 0.3) is 0 Å². The number of nitrogens with two attached hydrogens (primary N) is 1. The lowest BCUT2D eigenvalue weighted by molar-refractivity contribution is 0.338. The molecule has 0 aliphatic heterocycles. The van der Waals surface area contributed by atoms with Crippen LogP contribution in [-0.2, 0) is 0 Å². The van der Waals surface area contributed by atoms with Crippen molar-refractivity contribution in [3.63, 3.8) is 0 Å². The number of benzene rings is 1. The smallest absolute Gasteiger partial charge is 0.146 e. The molecule has 16 heavy (non-hydrogen) atoms. The number of hydrogen-bond donors (Lipinski definition) is 2. The van der Waals surface area contributed by atoms with E-state index in [9.17, 15) is 4.39 Å². The van der Waals surface area contributed by atoms with E-state index in [2.05, 4.69) is 5.32 Å². The van der Waals surface area contributed by atoms with Crippen LogP contribution in [-0.4, -0.2) is 12.6 Å². The highest BCUT2D eigenvalue weighted by Gasteiger charge is 2.18. The van der Waals surface area contributed by atoms with E-state index in [-0.39, 0.29) is 5.82 Å². The molecule has 1 aromatic carbocycles. The molecule has 0 aromatic heterocycles. The van der Waals surface area contributed by atoms with E-state index in [1.54, 1.807) is 12.1 Å². The lowest BCUT2D eigenvalue weighted by atomic mass is 9.86. The molecule has 1 aliphatic carbocycles. The summed E-state index contributed by atoms with van der Waals surface area (Å²) >= 11 is 0. The molecule has 3 N–H and O–H groups in total. The van der Waals surface area contributed by atoms with Gasteiger partial charge in [0, 0.05) is 12.6 Å². The van der Waals surface area contributed by atoms with Gasteiger partial charge in [-0.3, -0.25) is 0 Å². The van der Waals surface area contributed by atoms with Crippen molar-refractivity contribution in [2.24, 2.45) is 11.7 Å². The minimum atomic E-state index is -0.171. The predicted octanol–water partition coefficient (Wildman–Crippen LogP) is 2.76. The van der Waals surface area contributed by atoms with Crippen LogP contribution in [0.5, 0.6) is 0 Å². The molecular formula is C13H19FN2. The van der Waals surface area contributed by atoms with Crippen molar-refractivity contribution < 1.29 is 4.39 Å². The van der Waals surface area contributed by atoms with Gasteiger partial charge in [-0.05, 0) is 43.7 Å². The van der Waals surface area contributed by atoms with Crippen molar-refractivity contribution in [2.75, 3.05) is 11.9 Å². The summed E-state index contributed by atoms with van der Waals surface area (Å²) in [6, 6.07) is 7.20. The van der Waals surface area contributed by atoms with Crippen LogP contribution in [0.4, 0.5) is 10.1 Å². The van der Waals surface area contributed by atoms with Crippen LogP contribution in [0.15, 0.2) is 24.3 Å². The molecule has 0 saturated heterocycles. The quantitative estimate of drug-likeness (QED) is 0.825. The summed E-state index contributed by atoms with van der Waals surface area (Å²) in [5.74, 6) is 0.467. The van der Waals surface area contributed by atoms with Crippen LogP contribution in [0, 0.1) is 11.7 Å². The van der Waals surface area contributed by atoms with Gasteiger partial charge in [0.05, 0.1) is 5.69 Å². The maximum atomic E-state index is 13.3. The van der Waals surface area contributed by atoms with Crippen LogP contribution in [0.2, 0.25) is 0 Å². The number of hydrogen-bond acceptors (Lipinski definition) is 2. The zero-order valence-corrected chi connectivity index (χ0v) is 9.45. The summed E-state index contributed by atoms with van der Waals surface area (Å²) in [4.78, 5) is 0. The fourth-order valence-electron chi connectivity index (χ4n) is 2.25. The van der Waals surface area contributed by atoms with Crippen molar-refractivity contribution in [1.82, 2.24) is 0 Å². The lowest BCUT2D eigenvalue weighted by Gasteiger charge is -2.26. The fraction of sp³-hybridized carbons (Fsp3) is 0.538. The standard InChI is InChI=1S/C13H19FN2/c14-12-3-1-2-4-13(12)16-9-10-5-7-11(15)8-6-10/h1-4,10-11,16H,5-9,15H2. The molecule has 0 bridgehead atoms. The number of rotatable bonds is 3. The van der Waals surface area contributed by atoms with Gasteiger partial charge in [-0.15, -0.1) is 0 Å². The minimum absolute atomic E-state index is 0.171. The number of para-hydroxylation sites is 1. The molecule has 2 rings (SSSR count). The Labute approximate surface area is 96.0 Å². The number of halogens is 1. The SMILES string of the molecule is NC1CCC(CNc2ccccc2F)CC1. The van der Waals surface area contributed by atoms with Crippen LogP contribution in [0.3, 0.4) is 0 Å². The van der Waals surface area contributed by atoms with Gasteiger partial charge in [-0.2, -0.15) is 0 Å². The maximum Gasteiger partial charge on any atom is 0.146 e. The second-order valence-corrected chi connectivity index (χ2v) is 4.64. The highest BCUT2D eigenvalue weighted by molar-refractivity contribution is 5.44.